The molecule has 5 nitrogen and oxygen atoms in total. The molecule has 3 heterocycles. The summed E-state index contributed by atoms with van der Waals surface area (Å²) >= 11 is 5.77. The molecule has 0 atom stereocenters. The molecule has 6 heteroatoms. The van der Waals surface area contributed by atoms with Gasteiger partial charge in [0.25, 0.3) is 0 Å². The Morgan fingerprint density at radius 1 is 1.04 bits per heavy atom. The smallest absolute Gasteiger partial charge is 0.199 e. The molecule has 1 saturated heterocycles. The average molecular weight is 398 g/mol. The van der Waals surface area contributed by atoms with Crippen molar-refractivity contribution >= 4 is 12.2 Å². The normalized spacial score (nSPS) is 18.1. The molecule has 4 rings (SSSR count). The fourth-order valence-corrected chi connectivity index (χ4v) is 4.66. The number of likely N-dealkylation sites (tertiary alicyclic amines) is 1. The maximum absolute atomic E-state index is 5.77. The minimum atomic E-state index is 0.733. The number of piperidine rings is 1. The summed E-state index contributed by atoms with van der Waals surface area (Å²) in [6.07, 6.45) is 7.99. The van der Waals surface area contributed by atoms with Crippen LogP contribution in [-0.2, 0) is 32.6 Å². The Balaban J connectivity index is 1.46. The fourth-order valence-electron chi connectivity index (χ4n) is 4.38. The summed E-state index contributed by atoms with van der Waals surface area (Å²) < 4.78 is 4.98. The van der Waals surface area contributed by atoms with Crippen LogP contribution in [-0.4, -0.2) is 50.3 Å². The van der Waals surface area contributed by atoms with Gasteiger partial charge in [-0.05, 0) is 55.7 Å². The van der Waals surface area contributed by atoms with E-state index < -0.39 is 0 Å². The van der Waals surface area contributed by atoms with Gasteiger partial charge >= 0.3 is 0 Å². The van der Waals surface area contributed by atoms with E-state index in [0.717, 1.165) is 56.3 Å². The van der Waals surface area contributed by atoms with Gasteiger partial charge in [-0.15, -0.1) is 6.58 Å². The summed E-state index contributed by atoms with van der Waals surface area (Å²) in [4.78, 5) is 5.00. The van der Waals surface area contributed by atoms with Crippen LogP contribution >= 0.6 is 12.2 Å². The minimum absolute atomic E-state index is 0.733. The van der Waals surface area contributed by atoms with Gasteiger partial charge in [-0.1, -0.05) is 36.8 Å². The Kier molecular flexibility index (Phi) is 6.40. The van der Waals surface area contributed by atoms with Crippen LogP contribution < -0.4 is 0 Å². The van der Waals surface area contributed by atoms with Gasteiger partial charge in [0.1, 0.15) is 5.82 Å². The highest BCUT2D eigenvalue weighted by molar-refractivity contribution is 7.71. The van der Waals surface area contributed by atoms with Crippen LogP contribution in [0, 0.1) is 4.77 Å². The number of nitrogens with zero attached hydrogens (tertiary/aromatic N) is 5. The first-order valence-electron chi connectivity index (χ1n) is 10.5. The van der Waals surface area contributed by atoms with E-state index in [2.05, 4.69) is 45.2 Å². The van der Waals surface area contributed by atoms with Gasteiger partial charge in [0.2, 0.25) is 0 Å². The zero-order chi connectivity index (χ0) is 19.3. The van der Waals surface area contributed by atoms with Crippen LogP contribution in [0.4, 0.5) is 0 Å². The third-order valence-electron chi connectivity index (χ3n) is 5.96. The topological polar surface area (TPSA) is 29.2 Å². The lowest BCUT2D eigenvalue weighted by molar-refractivity contribution is 0.187. The predicted octanol–water partition coefficient (Wildman–Crippen LogP) is 3.64. The van der Waals surface area contributed by atoms with Crippen LogP contribution in [0.15, 0.2) is 36.9 Å². The Morgan fingerprint density at radius 3 is 2.61 bits per heavy atom. The molecule has 28 heavy (non-hydrogen) atoms. The Labute approximate surface area is 173 Å². The molecule has 0 bridgehead atoms. The van der Waals surface area contributed by atoms with E-state index in [1.807, 2.05) is 10.8 Å². The van der Waals surface area contributed by atoms with Crippen molar-refractivity contribution in [2.24, 2.45) is 0 Å². The molecular weight excluding hydrogens is 366 g/mol. The first kappa shape index (κ1) is 19.6. The van der Waals surface area contributed by atoms with E-state index in [-0.39, 0.29) is 0 Å². The molecule has 1 fully saturated rings. The first-order valence-corrected chi connectivity index (χ1v) is 10.9. The molecule has 1 aromatic heterocycles. The summed E-state index contributed by atoms with van der Waals surface area (Å²) in [7, 11) is 0. The zero-order valence-corrected chi connectivity index (χ0v) is 17.5. The van der Waals surface area contributed by atoms with Gasteiger partial charge in [-0.25, -0.2) is 4.68 Å². The van der Waals surface area contributed by atoms with E-state index in [9.17, 15) is 0 Å². The maximum atomic E-state index is 5.77. The number of rotatable bonds is 7. The van der Waals surface area contributed by atoms with Crippen LogP contribution in [0.25, 0.3) is 0 Å². The van der Waals surface area contributed by atoms with Gasteiger partial charge in [0, 0.05) is 32.6 Å². The van der Waals surface area contributed by atoms with Crippen molar-refractivity contribution in [2.75, 3.05) is 26.2 Å². The molecule has 0 spiro atoms. The molecule has 0 unspecified atom stereocenters. The largest absolute Gasteiger partial charge is 0.303 e. The number of benzene rings is 1. The van der Waals surface area contributed by atoms with Gasteiger partial charge < -0.3 is 9.47 Å². The number of hydrogen-bond donors (Lipinski definition) is 0. The maximum Gasteiger partial charge on any atom is 0.199 e. The minimum Gasteiger partial charge on any atom is -0.303 e. The van der Waals surface area contributed by atoms with Crippen LogP contribution in [0.1, 0.15) is 36.2 Å². The van der Waals surface area contributed by atoms with Crippen molar-refractivity contribution in [2.45, 2.75) is 51.9 Å². The average Bonchev–Trinajstić information content (AvgIpc) is 3.02. The second-order valence-corrected chi connectivity index (χ2v) is 8.33. The Morgan fingerprint density at radius 2 is 1.82 bits per heavy atom. The number of fused-ring (bicyclic) bond motifs is 1. The molecule has 0 N–H and O–H groups in total. The predicted molar refractivity (Wildman–Crippen MR) is 116 cm³/mol. The van der Waals surface area contributed by atoms with E-state index in [1.165, 1.54) is 43.5 Å². The third-order valence-corrected chi connectivity index (χ3v) is 6.39. The number of allylic oxidation sites excluding steroid dienone is 1. The van der Waals surface area contributed by atoms with Crippen LogP contribution in [0.3, 0.4) is 0 Å². The second kappa shape index (κ2) is 9.16. The number of aromatic nitrogens is 3. The summed E-state index contributed by atoms with van der Waals surface area (Å²) in [5.74, 6) is 1.09. The monoisotopic (exact) mass is 397 g/mol. The highest BCUT2D eigenvalue weighted by Gasteiger charge is 2.19. The van der Waals surface area contributed by atoms with Crippen molar-refractivity contribution in [3.63, 3.8) is 0 Å². The fraction of sp³-hybridized carbons (Fsp3) is 0.545. The molecular formula is C22H31N5S. The van der Waals surface area contributed by atoms with Gasteiger partial charge in [-0.2, -0.15) is 5.10 Å². The third kappa shape index (κ3) is 4.45. The molecule has 2 aromatic rings. The van der Waals surface area contributed by atoms with Crippen LogP contribution in [0.2, 0.25) is 0 Å². The van der Waals surface area contributed by atoms with Crippen LogP contribution in [0.5, 0.6) is 0 Å². The lowest BCUT2D eigenvalue weighted by Crippen LogP contribution is -2.33. The summed E-state index contributed by atoms with van der Waals surface area (Å²) in [6, 6.07) is 8.75. The second-order valence-electron chi connectivity index (χ2n) is 7.96. The zero-order valence-electron chi connectivity index (χ0n) is 16.7. The first-order chi connectivity index (χ1) is 13.7. The lowest BCUT2D eigenvalue weighted by atomic mass is 10.0. The molecule has 150 valence electrons. The molecule has 0 radical (unpaired) electrons. The molecule has 0 amide bonds. The van der Waals surface area contributed by atoms with Crippen molar-refractivity contribution in [1.82, 2.24) is 24.1 Å². The molecule has 2 aliphatic rings. The van der Waals surface area contributed by atoms with E-state index >= 15 is 0 Å². The highest BCUT2D eigenvalue weighted by Crippen LogP contribution is 2.19. The molecule has 0 saturated carbocycles. The Hall–Kier alpha value is -1.76. The van der Waals surface area contributed by atoms with Gasteiger partial charge in [-0.3, -0.25) is 4.90 Å². The SMILES string of the molecule is C=CCn1c(CCN2CCCCC2)nn(CN2CCc3ccccc3C2)c1=S. The number of hydrogen-bond acceptors (Lipinski definition) is 4. The molecule has 0 aliphatic carbocycles. The summed E-state index contributed by atoms with van der Waals surface area (Å²) in [5.41, 5.74) is 2.90. The van der Waals surface area contributed by atoms with E-state index in [1.54, 1.807) is 0 Å². The summed E-state index contributed by atoms with van der Waals surface area (Å²) in [5, 5.41) is 4.92. The van der Waals surface area contributed by atoms with E-state index in [4.69, 9.17) is 17.3 Å². The Bertz CT molecular complexity index is 862. The molecule has 1 aromatic carbocycles. The lowest BCUT2D eigenvalue weighted by Gasteiger charge is -2.28. The summed E-state index contributed by atoms with van der Waals surface area (Å²) in [6.45, 7) is 10.9. The quantitative estimate of drug-likeness (QED) is 0.527. The van der Waals surface area contributed by atoms with Gasteiger partial charge in [0.05, 0.1) is 6.67 Å². The van der Waals surface area contributed by atoms with Crippen molar-refractivity contribution in [3.8, 4) is 0 Å². The standard InChI is InChI=1S/C22H31N5S/c1-2-12-26-21(11-16-24-13-6-3-7-14-24)23-27(22(26)28)18-25-15-10-19-8-4-5-9-20(19)17-25/h2,4-5,8-9H,1,3,6-7,10-18H2. The van der Waals surface area contributed by atoms with Crippen molar-refractivity contribution in [1.29, 1.82) is 0 Å². The van der Waals surface area contributed by atoms with E-state index in [0.29, 0.717) is 0 Å². The highest BCUT2D eigenvalue weighted by atomic mass is 32.1. The van der Waals surface area contributed by atoms with Crippen molar-refractivity contribution < 1.29 is 0 Å². The molecule has 2 aliphatic heterocycles. The van der Waals surface area contributed by atoms with Crippen molar-refractivity contribution in [3.05, 3.63) is 58.6 Å². The van der Waals surface area contributed by atoms with Gasteiger partial charge in [0.15, 0.2) is 4.77 Å².